The molecule has 1 heterocycles. The van der Waals surface area contributed by atoms with E-state index in [9.17, 15) is 0 Å². The molecule has 160 valence electrons. The number of aromatic nitrogens is 3. The molecule has 0 fully saturated rings. The zero-order valence-electron chi connectivity index (χ0n) is 17.8. The summed E-state index contributed by atoms with van der Waals surface area (Å²) in [7, 11) is 0. The van der Waals surface area contributed by atoms with Crippen LogP contribution < -0.4 is 10.9 Å². The highest BCUT2D eigenvalue weighted by atomic mass is 32.2. The van der Waals surface area contributed by atoms with E-state index >= 15 is 0 Å². The van der Waals surface area contributed by atoms with E-state index in [-0.39, 0.29) is 5.25 Å². The van der Waals surface area contributed by atoms with Gasteiger partial charge in [0.25, 0.3) is 5.95 Å². The summed E-state index contributed by atoms with van der Waals surface area (Å²) in [5.74, 6) is 1.44. The molecule has 1 unspecified atom stereocenters. The van der Waals surface area contributed by atoms with Gasteiger partial charge in [0.2, 0.25) is 0 Å². The molecular formula is C26H25N5S. The average Bonchev–Trinajstić information content (AvgIpc) is 2.87. The van der Waals surface area contributed by atoms with E-state index in [1.165, 1.54) is 5.56 Å². The monoisotopic (exact) mass is 439 g/mol. The lowest BCUT2D eigenvalue weighted by atomic mass is 10.0. The second-order valence-electron chi connectivity index (χ2n) is 6.98. The smallest absolute Gasteiger partial charge is 0.261 e. The Hall–Kier alpha value is -3.64. The Balaban J connectivity index is 1.52. The van der Waals surface area contributed by atoms with E-state index in [0.29, 0.717) is 5.95 Å². The van der Waals surface area contributed by atoms with Crippen LogP contribution in [0.15, 0.2) is 103 Å². The minimum absolute atomic E-state index is 0.273. The lowest BCUT2D eigenvalue weighted by Crippen LogP contribution is -2.18. The zero-order chi connectivity index (χ0) is 22.0. The zero-order valence-corrected chi connectivity index (χ0v) is 18.7. The molecule has 0 spiro atoms. The Bertz CT molecular complexity index is 1130. The number of benzene rings is 3. The summed E-state index contributed by atoms with van der Waals surface area (Å²) in [6.45, 7) is 2.17. The summed E-state index contributed by atoms with van der Waals surface area (Å²) < 4.78 is 0. The fourth-order valence-electron chi connectivity index (χ4n) is 3.29. The van der Waals surface area contributed by atoms with Gasteiger partial charge in [-0.05, 0) is 17.4 Å². The second-order valence-corrected chi connectivity index (χ2v) is 8.40. The van der Waals surface area contributed by atoms with Crippen molar-refractivity contribution in [1.82, 2.24) is 20.6 Å². The van der Waals surface area contributed by atoms with Crippen molar-refractivity contribution in [3.8, 4) is 22.5 Å². The molecule has 3 aromatic carbocycles. The van der Waals surface area contributed by atoms with Crippen molar-refractivity contribution in [2.75, 3.05) is 11.2 Å². The fourth-order valence-corrected chi connectivity index (χ4v) is 4.19. The maximum atomic E-state index is 4.74. The van der Waals surface area contributed by atoms with Crippen LogP contribution in [0.2, 0.25) is 0 Å². The van der Waals surface area contributed by atoms with Gasteiger partial charge in [-0.1, -0.05) is 97.9 Å². The molecule has 0 amide bonds. The van der Waals surface area contributed by atoms with Crippen LogP contribution >= 0.6 is 11.8 Å². The molecule has 0 aliphatic carbocycles. The largest absolute Gasteiger partial charge is 0.306 e. The minimum Gasteiger partial charge on any atom is -0.306 e. The molecule has 1 aromatic heterocycles. The Morgan fingerprint density at radius 2 is 1.38 bits per heavy atom. The van der Waals surface area contributed by atoms with E-state index in [1.807, 2.05) is 84.7 Å². The lowest BCUT2D eigenvalue weighted by Gasteiger charge is -2.13. The molecule has 4 rings (SSSR count). The average molecular weight is 440 g/mol. The minimum atomic E-state index is 0.273. The molecular weight excluding hydrogens is 414 g/mol. The second kappa shape index (κ2) is 11.1. The van der Waals surface area contributed by atoms with Crippen molar-refractivity contribution in [3.05, 3.63) is 109 Å². The number of nitrogens with one attached hydrogen (secondary N) is 2. The maximum Gasteiger partial charge on any atom is 0.261 e. The SMILES string of the molecule is CCSC(/C=C/NNc1nnc(-c2ccccc2)c(-c2ccccc2)n1)c1ccccc1. The molecule has 2 N–H and O–H groups in total. The summed E-state index contributed by atoms with van der Waals surface area (Å²) in [6.07, 6.45) is 4.01. The van der Waals surface area contributed by atoms with Crippen molar-refractivity contribution in [2.24, 2.45) is 0 Å². The standard InChI is InChI=1S/C26H25N5S/c1-2-32-23(20-12-6-3-7-13-20)18-19-27-30-26-28-24(21-14-8-4-9-15-21)25(29-31-26)22-16-10-5-11-17-22/h3-19,23,27H,2H2,1H3,(H,28,30,31)/b19-18+. The Labute approximate surface area is 193 Å². The van der Waals surface area contributed by atoms with Crippen LogP contribution in [0.3, 0.4) is 0 Å². The number of hydrogen-bond donors (Lipinski definition) is 2. The summed E-state index contributed by atoms with van der Waals surface area (Å²) in [5, 5.41) is 9.02. The molecule has 0 radical (unpaired) electrons. The normalized spacial score (nSPS) is 11.9. The molecule has 0 saturated heterocycles. The summed E-state index contributed by atoms with van der Waals surface area (Å²) >= 11 is 1.88. The van der Waals surface area contributed by atoms with Crippen LogP contribution in [0.4, 0.5) is 5.95 Å². The van der Waals surface area contributed by atoms with E-state index in [0.717, 1.165) is 28.3 Å². The molecule has 32 heavy (non-hydrogen) atoms. The number of rotatable bonds is 9. The molecule has 0 saturated carbocycles. The van der Waals surface area contributed by atoms with Gasteiger partial charge >= 0.3 is 0 Å². The number of anilines is 1. The quantitative estimate of drug-likeness (QED) is 0.306. The van der Waals surface area contributed by atoms with Crippen molar-refractivity contribution in [2.45, 2.75) is 12.2 Å². The molecule has 4 aromatic rings. The molecule has 5 nitrogen and oxygen atoms in total. The molecule has 0 aliphatic heterocycles. The molecule has 6 heteroatoms. The maximum absolute atomic E-state index is 4.74. The van der Waals surface area contributed by atoms with Crippen LogP contribution in [-0.2, 0) is 0 Å². The summed E-state index contributed by atoms with van der Waals surface area (Å²) in [4.78, 5) is 4.74. The topological polar surface area (TPSA) is 62.7 Å². The van der Waals surface area contributed by atoms with Gasteiger partial charge in [-0.25, -0.2) is 4.98 Å². The van der Waals surface area contributed by atoms with Gasteiger partial charge in [-0.2, -0.15) is 0 Å². The van der Waals surface area contributed by atoms with Crippen molar-refractivity contribution in [3.63, 3.8) is 0 Å². The first-order chi connectivity index (χ1) is 15.8. The van der Waals surface area contributed by atoms with Crippen LogP contribution in [0.1, 0.15) is 17.7 Å². The first kappa shape index (κ1) is 21.6. The number of thioether (sulfide) groups is 1. The van der Waals surface area contributed by atoms with Gasteiger partial charge in [0, 0.05) is 22.6 Å². The predicted octanol–water partition coefficient (Wildman–Crippen LogP) is 6.13. The van der Waals surface area contributed by atoms with Gasteiger partial charge < -0.3 is 5.43 Å². The van der Waals surface area contributed by atoms with E-state index < -0.39 is 0 Å². The third-order valence-electron chi connectivity index (χ3n) is 4.79. The van der Waals surface area contributed by atoms with Crippen LogP contribution in [0.5, 0.6) is 0 Å². The van der Waals surface area contributed by atoms with Gasteiger partial charge in [0.15, 0.2) is 0 Å². The molecule has 0 aliphatic rings. The highest BCUT2D eigenvalue weighted by Gasteiger charge is 2.13. The number of hydrazine groups is 1. The van der Waals surface area contributed by atoms with E-state index in [1.54, 1.807) is 0 Å². The fraction of sp³-hybridized carbons (Fsp3) is 0.115. The third kappa shape index (κ3) is 5.53. The molecule has 0 bridgehead atoms. The Morgan fingerprint density at radius 3 is 2.00 bits per heavy atom. The molecule has 1 atom stereocenters. The van der Waals surface area contributed by atoms with E-state index in [2.05, 4.69) is 58.3 Å². The van der Waals surface area contributed by atoms with Crippen molar-refractivity contribution in [1.29, 1.82) is 0 Å². The summed E-state index contributed by atoms with van der Waals surface area (Å²) in [6, 6.07) is 30.5. The highest BCUT2D eigenvalue weighted by molar-refractivity contribution is 7.99. The predicted molar refractivity (Wildman–Crippen MR) is 134 cm³/mol. The number of nitrogens with zero attached hydrogens (tertiary/aromatic N) is 3. The third-order valence-corrected chi connectivity index (χ3v) is 5.92. The van der Waals surface area contributed by atoms with Crippen molar-refractivity contribution < 1.29 is 0 Å². The highest BCUT2D eigenvalue weighted by Crippen LogP contribution is 2.30. The van der Waals surface area contributed by atoms with Crippen LogP contribution in [0.25, 0.3) is 22.5 Å². The van der Waals surface area contributed by atoms with Gasteiger partial charge in [-0.3, -0.25) is 5.43 Å². The van der Waals surface area contributed by atoms with Crippen LogP contribution in [-0.4, -0.2) is 20.9 Å². The number of hydrogen-bond acceptors (Lipinski definition) is 6. The van der Waals surface area contributed by atoms with Crippen molar-refractivity contribution >= 4 is 17.7 Å². The lowest BCUT2D eigenvalue weighted by molar-refractivity contribution is 0.922. The van der Waals surface area contributed by atoms with Gasteiger partial charge in [0.05, 0.1) is 0 Å². The summed E-state index contributed by atoms with van der Waals surface area (Å²) in [5.41, 5.74) is 10.9. The first-order valence-corrected chi connectivity index (χ1v) is 11.6. The van der Waals surface area contributed by atoms with Gasteiger partial charge in [0.1, 0.15) is 11.4 Å². The van der Waals surface area contributed by atoms with Crippen LogP contribution in [0, 0.1) is 0 Å². The Kier molecular flexibility index (Phi) is 7.50. The van der Waals surface area contributed by atoms with Gasteiger partial charge in [-0.15, -0.1) is 22.0 Å². The van der Waals surface area contributed by atoms with E-state index in [4.69, 9.17) is 4.98 Å². The first-order valence-electron chi connectivity index (χ1n) is 10.6. The Morgan fingerprint density at radius 1 is 0.781 bits per heavy atom.